The molecular weight excluding hydrogens is 323 g/mol. The van der Waals surface area contributed by atoms with E-state index in [9.17, 15) is 9.18 Å². The van der Waals surface area contributed by atoms with E-state index in [1.54, 1.807) is 6.07 Å². The van der Waals surface area contributed by atoms with Crippen LogP contribution in [0.15, 0.2) is 53.0 Å². The average molecular weight is 337 g/mol. The first-order valence-electron chi connectivity index (χ1n) is 6.28. The standard InChI is InChI=1S/C16H14BrFO2/c17-13-8-12(9-14(18)11-13)10-15(19)6-7-20-16-4-2-1-3-5-16/h1-5,8-9,11H,6-7,10H2. The van der Waals surface area contributed by atoms with Crippen LogP contribution >= 0.6 is 15.9 Å². The van der Waals surface area contributed by atoms with Crippen molar-refractivity contribution >= 4 is 21.7 Å². The summed E-state index contributed by atoms with van der Waals surface area (Å²) in [4.78, 5) is 11.8. The lowest BCUT2D eigenvalue weighted by molar-refractivity contribution is -0.118. The summed E-state index contributed by atoms with van der Waals surface area (Å²) in [5.74, 6) is 0.426. The van der Waals surface area contributed by atoms with Crippen LogP contribution in [0.25, 0.3) is 0 Å². The third-order valence-corrected chi connectivity index (χ3v) is 3.17. The third kappa shape index (κ3) is 4.78. The van der Waals surface area contributed by atoms with E-state index in [-0.39, 0.29) is 18.0 Å². The molecule has 0 aliphatic carbocycles. The van der Waals surface area contributed by atoms with Gasteiger partial charge in [-0.15, -0.1) is 0 Å². The number of carbonyl (C=O) groups is 1. The van der Waals surface area contributed by atoms with E-state index in [1.165, 1.54) is 12.1 Å². The molecule has 0 atom stereocenters. The van der Waals surface area contributed by atoms with Gasteiger partial charge in [-0.1, -0.05) is 34.1 Å². The number of hydrogen-bond acceptors (Lipinski definition) is 2. The Bertz CT molecular complexity index is 564. The Hall–Kier alpha value is -1.68. The average Bonchev–Trinajstić information content (AvgIpc) is 2.38. The van der Waals surface area contributed by atoms with Gasteiger partial charge >= 0.3 is 0 Å². The summed E-state index contributed by atoms with van der Waals surface area (Å²) in [6.45, 7) is 0.333. The van der Waals surface area contributed by atoms with Gasteiger partial charge in [-0.2, -0.15) is 0 Å². The minimum atomic E-state index is -0.345. The van der Waals surface area contributed by atoms with Crippen LogP contribution in [0.3, 0.4) is 0 Å². The van der Waals surface area contributed by atoms with E-state index in [1.807, 2.05) is 30.3 Å². The van der Waals surface area contributed by atoms with Crippen molar-refractivity contribution in [2.45, 2.75) is 12.8 Å². The number of rotatable bonds is 6. The summed E-state index contributed by atoms with van der Waals surface area (Å²) >= 11 is 3.21. The lowest BCUT2D eigenvalue weighted by Gasteiger charge is -2.06. The van der Waals surface area contributed by atoms with Gasteiger partial charge in [0, 0.05) is 17.3 Å². The summed E-state index contributed by atoms with van der Waals surface area (Å²) in [5.41, 5.74) is 0.668. The van der Waals surface area contributed by atoms with Crippen molar-refractivity contribution in [3.63, 3.8) is 0 Å². The fourth-order valence-electron chi connectivity index (χ4n) is 1.83. The number of Topliss-reactive ketones (excluding diaryl/α,β-unsaturated/α-hetero) is 1. The zero-order valence-electron chi connectivity index (χ0n) is 10.8. The molecule has 2 nitrogen and oxygen atoms in total. The second-order valence-electron chi connectivity index (χ2n) is 4.40. The lowest BCUT2D eigenvalue weighted by Crippen LogP contribution is -2.09. The van der Waals surface area contributed by atoms with E-state index >= 15 is 0 Å². The maximum absolute atomic E-state index is 13.2. The minimum Gasteiger partial charge on any atom is -0.493 e. The highest BCUT2D eigenvalue weighted by molar-refractivity contribution is 9.10. The molecule has 0 saturated carbocycles. The molecule has 0 spiro atoms. The molecule has 0 aliphatic rings. The van der Waals surface area contributed by atoms with Crippen LogP contribution < -0.4 is 4.74 Å². The molecule has 0 heterocycles. The van der Waals surface area contributed by atoms with Gasteiger partial charge in [0.2, 0.25) is 0 Å². The van der Waals surface area contributed by atoms with Crippen LogP contribution in [0, 0.1) is 5.82 Å². The quantitative estimate of drug-likeness (QED) is 0.791. The van der Waals surface area contributed by atoms with Crippen LogP contribution in [-0.2, 0) is 11.2 Å². The van der Waals surface area contributed by atoms with Crippen molar-refractivity contribution in [3.05, 3.63) is 64.4 Å². The van der Waals surface area contributed by atoms with Gasteiger partial charge in [0.15, 0.2) is 0 Å². The van der Waals surface area contributed by atoms with Crippen LogP contribution in [0.5, 0.6) is 5.75 Å². The zero-order chi connectivity index (χ0) is 14.4. The van der Waals surface area contributed by atoms with Crippen LogP contribution in [-0.4, -0.2) is 12.4 Å². The van der Waals surface area contributed by atoms with Gasteiger partial charge in [-0.3, -0.25) is 4.79 Å². The highest BCUT2D eigenvalue weighted by atomic mass is 79.9. The number of ketones is 1. The van der Waals surface area contributed by atoms with Gasteiger partial charge < -0.3 is 4.74 Å². The molecule has 0 aliphatic heterocycles. The first-order valence-corrected chi connectivity index (χ1v) is 7.07. The largest absolute Gasteiger partial charge is 0.493 e. The Kier molecular flexibility index (Phi) is 5.30. The number of hydrogen-bond donors (Lipinski definition) is 0. The van der Waals surface area contributed by atoms with Crippen LogP contribution in [0.2, 0.25) is 0 Å². The van der Waals surface area contributed by atoms with Crippen LogP contribution in [0.1, 0.15) is 12.0 Å². The molecule has 2 aromatic carbocycles. The normalized spacial score (nSPS) is 10.3. The van der Waals surface area contributed by atoms with Crippen molar-refractivity contribution in [1.82, 2.24) is 0 Å². The first-order chi connectivity index (χ1) is 9.63. The van der Waals surface area contributed by atoms with Gasteiger partial charge in [0.25, 0.3) is 0 Å². The molecule has 0 aromatic heterocycles. The molecule has 4 heteroatoms. The summed E-state index contributed by atoms with van der Waals surface area (Å²) in [5, 5.41) is 0. The van der Waals surface area contributed by atoms with Gasteiger partial charge in [0.1, 0.15) is 17.3 Å². The molecule has 2 rings (SSSR count). The second-order valence-corrected chi connectivity index (χ2v) is 5.32. The molecule has 20 heavy (non-hydrogen) atoms. The maximum atomic E-state index is 13.2. The van der Waals surface area contributed by atoms with E-state index in [0.29, 0.717) is 23.1 Å². The topological polar surface area (TPSA) is 26.3 Å². The first kappa shape index (κ1) is 14.7. The molecule has 0 unspecified atom stereocenters. The molecule has 0 N–H and O–H groups in total. The van der Waals surface area contributed by atoms with E-state index in [4.69, 9.17) is 4.74 Å². The summed E-state index contributed by atoms with van der Waals surface area (Å²) < 4.78 is 19.3. The highest BCUT2D eigenvalue weighted by Gasteiger charge is 2.06. The number of para-hydroxylation sites is 1. The number of halogens is 2. The van der Waals surface area contributed by atoms with E-state index in [2.05, 4.69) is 15.9 Å². The molecule has 0 radical (unpaired) electrons. The molecule has 104 valence electrons. The Morgan fingerprint density at radius 2 is 1.90 bits per heavy atom. The van der Waals surface area contributed by atoms with E-state index < -0.39 is 0 Å². The molecular formula is C16H14BrFO2. The van der Waals surface area contributed by atoms with Crippen molar-refractivity contribution in [2.24, 2.45) is 0 Å². The van der Waals surface area contributed by atoms with Crippen molar-refractivity contribution in [3.8, 4) is 5.75 Å². The van der Waals surface area contributed by atoms with Crippen molar-refractivity contribution < 1.29 is 13.9 Å². The SMILES string of the molecule is O=C(CCOc1ccccc1)Cc1cc(F)cc(Br)c1. The Morgan fingerprint density at radius 3 is 2.60 bits per heavy atom. The van der Waals surface area contributed by atoms with Gasteiger partial charge in [-0.25, -0.2) is 4.39 Å². The number of carbonyl (C=O) groups excluding carboxylic acids is 1. The zero-order valence-corrected chi connectivity index (χ0v) is 12.4. The Balaban J connectivity index is 1.81. The summed E-state index contributed by atoms with van der Waals surface area (Å²) in [6, 6.07) is 13.8. The lowest BCUT2D eigenvalue weighted by atomic mass is 10.1. The van der Waals surface area contributed by atoms with E-state index in [0.717, 1.165) is 5.75 Å². The molecule has 2 aromatic rings. The monoisotopic (exact) mass is 336 g/mol. The number of benzene rings is 2. The Morgan fingerprint density at radius 1 is 1.15 bits per heavy atom. The Labute approximate surface area is 125 Å². The molecule has 0 bridgehead atoms. The molecule has 0 amide bonds. The predicted octanol–water partition coefficient (Wildman–Crippen LogP) is 4.17. The number of ether oxygens (including phenoxy) is 1. The predicted molar refractivity (Wildman–Crippen MR) is 79.4 cm³/mol. The minimum absolute atomic E-state index is 0.0263. The fraction of sp³-hybridized carbons (Fsp3) is 0.188. The molecule has 0 saturated heterocycles. The summed E-state index contributed by atoms with van der Waals surface area (Å²) in [6.07, 6.45) is 0.525. The van der Waals surface area contributed by atoms with Crippen molar-refractivity contribution in [2.75, 3.05) is 6.61 Å². The van der Waals surface area contributed by atoms with Gasteiger partial charge in [0.05, 0.1) is 6.61 Å². The molecule has 0 fully saturated rings. The summed E-state index contributed by atoms with van der Waals surface area (Å²) in [7, 11) is 0. The third-order valence-electron chi connectivity index (χ3n) is 2.72. The second kappa shape index (κ2) is 7.20. The van der Waals surface area contributed by atoms with Crippen molar-refractivity contribution in [1.29, 1.82) is 0 Å². The fourth-order valence-corrected chi connectivity index (χ4v) is 2.34. The van der Waals surface area contributed by atoms with Crippen LogP contribution in [0.4, 0.5) is 4.39 Å². The highest BCUT2D eigenvalue weighted by Crippen LogP contribution is 2.16. The maximum Gasteiger partial charge on any atom is 0.140 e. The smallest absolute Gasteiger partial charge is 0.140 e. The van der Waals surface area contributed by atoms with Gasteiger partial charge in [-0.05, 0) is 35.9 Å².